The normalized spacial score (nSPS) is 11.1. The van der Waals surface area contributed by atoms with Gasteiger partial charge in [0.1, 0.15) is 11.6 Å². The molecule has 0 saturated carbocycles. The minimum absolute atomic E-state index is 0.238. The van der Waals surface area contributed by atoms with Crippen LogP contribution in [-0.4, -0.2) is 16.3 Å². The Hall–Kier alpha value is -2.51. The molecule has 0 aliphatic heterocycles. The maximum Gasteiger partial charge on any atom is 0.573 e. The standard InChI is InChI=1S/C11H9F3N4O/c12-11(13,14)19-8-3-1-7(2-4-8)17-10-6-16-5-9(15)18-10/h1-6H,(H3,15,17,18). The Bertz CT molecular complexity index is 557. The van der Waals surface area contributed by atoms with Gasteiger partial charge in [-0.05, 0) is 24.3 Å². The van der Waals surface area contributed by atoms with Crippen LogP contribution < -0.4 is 15.8 Å². The Morgan fingerprint density at radius 1 is 1.11 bits per heavy atom. The predicted molar refractivity (Wildman–Crippen MR) is 62.9 cm³/mol. The summed E-state index contributed by atoms with van der Waals surface area (Å²) in [7, 11) is 0. The highest BCUT2D eigenvalue weighted by molar-refractivity contribution is 5.57. The zero-order valence-corrected chi connectivity index (χ0v) is 9.48. The predicted octanol–water partition coefficient (Wildman–Crippen LogP) is 2.70. The van der Waals surface area contributed by atoms with Crippen molar-refractivity contribution in [2.24, 2.45) is 0 Å². The number of nitrogens with zero attached hydrogens (tertiary/aromatic N) is 2. The third-order valence-electron chi connectivity index (χ3n) is 2.01. The molecule has 0 spiro atoms. The van der Waals surface area contributed by atoms with Crippen LogP contribution in [0, 0.1) is 0 Å². The molecular weight excluding hydrogens is 261 g/mol. The molecule has 2 aromatic rings. The van der Waals surface area contributed by atoms with E-state index in [9.17, 15) is 13.2 Å². The summed E-state index contributed by atoms with van der Waals surface area (Å²) in [5.74, 6) is 0.336. The minimum atomic E-state index is -4.70. The molecule has 0 saturated heterocycles. The number of nitrogen functional groups attached to an aromatic ring is 1. The average molecular weight is 270 g/mol. The number of anilines is 3. The molecule has 0 aliphatic carbocycles. The largest absolute Gasteiger partial charge is 0.573 e. The molecule has 0 radical (unpaired) electrons. The van der Waals surface area contributed by atoms with Gasteiger partial charge in [-0.15, -0.1) is 13.2 Å². The van der Waals surface area contributed by atoms with Gasteiger partial charge in [0.15, 0.2) is 5.82 Å². The molecule has 2 rings (SSSR count). The van der Waals surface area contributed by atoms with Crippen LogP contribution in [0.1, 0.15) is 0 Å². The molecule has 0 fully saturated rings. The zero-order chi connectivity index (χ0) is 13.9. The second-order valence-corrected chi connectivity index (χ2v) is 3.53. The third-order valence-corrected chi connectivity index (χ3v) is 2.01. The first kappa shape index (κ1) is 12.9. The Morgan fingerprint density at radius 2 is 1.79 bits per heavy atom. The lowest BCUT2D eigenvalue weighted by Gasteiger charge is -2.10. The van der Waals surface area contributed by atoms with Crippen LogP contribution in [0.25, 0.3) is 0 Å². The van der Waals surface area contributed by atoms with E-state index in [-0.39, 0.29) is 11.6 Å². The van der Waals surface area contributed by atoms with E-state index < -0.39 is 6.36 Å². The molecule has 3 N–H and O–H groups in total. The van der Waals surface area contributed by atoms with Crippen LogP contribution in [0.4, 0.5) is 30.5 Å². The van der Waals surface area contributed by atoms with Crippen molar-refractivity contribution in [2.45, 2.75) is 6.36 Å². The molecule has 100 valence electrons. The van der Waals surface area contributed by atoms with Gasteiger partial charge in [0, 0.05) is 5.69 Å². The van der Waals surface area contributed by atoms with Crippen molar-refractivity contribution in [2.75, 3.05) is 11.1 Å². The van der Waals surface area contributed by atoms with Crippen LogP contribution in [0.5, 0.6) is 5.75 Å². The molecule has 1 heterocycles. The number of ether oxygens (including phenoxy) is 1. The Kier molecular flexibility index (Phi) is 3.41. The van der Waals surface area contributed by atoms with Crippen molar-refractivity contribution < 1.29 is 17.9 Å². The first-order valence-corrected chi connectivity index (χ1v) is 5.13. The maximum atomic E-state index is 12.0. The fraction of sp³-hybridized carbons (Fsp3) is 0.0909. The van der Waals surface area contributed by atoms with E-state index in [1.54, 1.807) is 0 Å². The number of halogens is 3. The molecule has 0 bridgehead atoms. The van der Waals surface area contributed by atoms with Crippen molar-refractivity contribution in [1.82, 2.24) is 9.97 Å². The fourth-order valence-corrected chi connectivity index (χ4v) is 1.33. The summed E-state index contributed by atoms with van der Waals surface area (Å²) < 4.78 is 39.6. The van der Waals surface area contributed by atoms with Crippen LogP contribution in [0.15, 0.2) is 36.7 Å². The van der Waals surface area contributed by atoms with Crippen molar-refractivity contribution in [3.8, 4) is 5.75 Å². The molecule has 0 aliphatic rings. The Labute approximate surface area is 106 Å². The summed E-state index contributed by atoms with van der Waals surface area (Å²) in [4.78, 5) is 7.77. The summed E-state index contributed by atoms with van der Waals surface area (Å²) in [6.07, 6.45) is -1.88. The van der Waals surface area contributed by atoms with E-state index in [1.807, 2.05) is 0 Å². The minimum Gasteiger partial charge on any atom is -0.406 e. The fourth-order valence-electron chi connectivity index (χ4n) is 1.33. The monoisotopic (exact) mass is 270 g/mol. The van der Waals surface area contributed by atoms with Crippen molar-refractivity contribution in [3.63, 3.8) is 0 Å². The third kappa shape index (κ3) is 4.02. The summed E-state index contributed by atoms with van der Waals surface area (Å²) in [5.41, 5.74) is 5.98. The quantitative estimate of drug-likeness (QED) is 0.897. The number of aromatic nitrogens is 2. The van der Waals surface area contributed by atoms with E-state index in [2.05, 4.69) is 20.0 Å². The molecule has 0 atom stereocenters. The highest BCUT2D eigenvalue weighted by Gasteiger charge is 2.30. The summed E-state index contributed by atoms with van der Waals surface area (Å²) in [6, 6.07) is 5.23. The molecule has 0 amide bonds. The Balaban J connectivity index is 2.07. The number of rotatable bonds is 3. The number of alkyl halides is 3. The van der Waals surface area contributed by atoms with Gasteiger partial charge in [0.25, 0.3) is 0 Å². The average Bonchev–Trinajstić information content (AvgIpc) is 2.30. The van der Waals surface area contributed by atoms with Crippen molar-refractivity contribution in [3.05, 3.63) is 36.7 Å². The number of hydrogen-bond acceptors (Lipinski definition) is 5. The van der Waals surface area contributed by atoms with Gasteiger partial charge in [-0.3, -0.25) is 4.98 Å². The number of nitrogens with two attached hydrogens (primary N) is 1. The van der Waals surface area contributed by atoms with Crippen LogP contribution in [0.3, 0.4) is 0 Å². The maximum absolute atomic E-state index is 12.0. The first-order valence-electron chi connectivity index (χ1n) is 5.13. The molecule has 8 heteroatoms. The van der Waals surface area contributed by atoms with E-state index in [0.29, 0.717) is 11.5 Å². The SMILES string of the molecule is Nc1cncc(Nc2ccc(OC(F)(F)F)cc2)n1. The molecule has 0 unspecified atom stereocenters. The van der Waals surface area contributed by atoms with Gasteiger partial charge in [-0.1, -0.05) is 0 Å². The highest BCUT2D eigenvalue weighted by atomic mass is 19.4. The molecule has 1 aromatic heterocycles. The van der Waals surface area contributed by atoms with Gasteiger partial charge in [0.2, 0.25) is 0 Å². The van der Waals surface area contributed by atoms with E-state index in [4.69, 9.17) is 5.73 Å². The summed E-state index contributed by atoms with van der Waals surface area (Å²) in [6.45, 7) is 0. The topological polar surface area (TPSA) is 73.1 Å². The number of benzene rings is 1. The van der Waals surface area contributed by atoms with Gasteiger partial charge < -0.3 is 15.8 Å². The lowest BCUT2D eigenvalue weighted by molar-refractivity contribution is -0.274. The van der Waals surface area contributed by atoms with Crippen molar-refractivity contribution in [1.29, 1.82) is 0 Å². The number of nitrogens with one attached hydrogen (secondary N) is 1. The summed E-state index contributed by atoms with van der Waals surface area (Å²) >= 11 is 0. The van der Waals surface area contributed by atoms with Gasteiger partial charge in [0.05, 0.1) is 12.4 Å². The molecule has 19 heavy (non-hydrogen) atoms. The van der Waals surface area contributed by atoms with Crippen LogP contribution in [0.2, 0.25) is 0 Å². The second kappa shape index (κ2) is 5.01. The smallest absolute Gasteiger partial charge is 0.406 e. The molecule has 5 nitrogen and oxygen atoms in total. The zero-order valence-electron chi connectivity index (χ0n) is 9.48. The first-order chi connectivity index (χ1) is 8.92. The van der Waals surface area contributed by atoms with Crippen molar-refractivity contribution >= 4 is 17.3 Å². The number of hydrogen-bond donors (Lipinski definition) is 2. The van der Waals surface area contributed by atoms with E-state index in [0.717, 1.165) is 0 Å². The lowest BCUT2D eigenvalue weighted by atomic mass is 10.3. The van der Waals surface area contributed by atoms with Gasteiger partial charge in [-0.25, -0.2) is 4.98 Å². The molecule has 1 aromatic carbocycles. The summed E-state index contributed by atoms with van der Waals surface area (Å²) in [5, 5.41) is 2.84. The Morgan fingerprint density at radius 3 is 2.37 bits per heavy atom. The molecular formula is C11H9F3N4O. The van der Waals surface area contributed by atoms with E-state index in [1.165, 1.54) is 36.7 Å². The highest BCUT2D eigenvalue weighted by Crippen LogP contribution is 2.24. The van der Waals surface area contributed by atoms with Gasteiger partial charge in [-0.2, -0.15) is 0 Å². The van der Waals surface area contributed by atoms with Gasteiger partial charge >= 0.3 is 6.36 Å². The van der Waals surface area contributed by atoms with Crippen LogP contribution >= 0.6 is 0 Å². The lowest BCUT2D eigenvalue weighted by Crippen LogP contribution is -2.16. The van der Waals surface area contributed by atoms with Crippen LogP contribution in [-0.2, 0) is 0 Å². The second-order valence-electron chi connectivity index (χ2n) is 3.53. The van der Waals surface area contributed by atoms with E-state index >= 15 is 0 Å².